The van der Waals surface area contributed by atoms with E-state index >= 15 is 0 Å². The van der Waals surface area contributed by atoms with E-state index in [0.29, 0.717) is 39.7 Å². The van der Waals surface area contributed by atoms with E-state index in [4.69, 9.17) is 9.47 Å². The van der Waals surface area contributed by atoms with E-state index in [1.54, 1.807) is 13.0 Å². The number of thiazole rings is 1. The second-order valence-corrected chi connectivity index (χ2v) is 8.03. The van der Waals surface area contributed by atoms with Gasteiger partial charge in [0.05, 0.1) is 25.5 Å². The summed E-state index contributed by atoms with van der Waals surface area (Å²) in [5.41, 5.74) is 0.862. The van der Waals surface area contributed by atoms with Gasteiger partial charge in [0, 0.05) is 31.3 Å². The summed E-state index contributed by atoms with van der Waals surface area (Å²) in [6.45, 7) is 9.47. The monoisotopic (exact) mass is 421 g/mol. The largest absolute Gasteiger partial charge is 0.497 e. The predicted octanol–water partition coefficient (Wildman–Crippen LogP) is 3.83. The highest BCUT2D eigenvalue weighted by Gasteiger charge is 2.32. The Morgan fingerprint density at radius 3 is 2.66 bits per heavy atom. The van der Waals surface area contributed by atoms with Crippen LogP contribution < -0.4 is 9.47 Å². The summed E-state index contributed by atoms with van der Waals surface area (Å²) in [7, 11) is 2.95. The fraction of sp³-hybridized carbons (Fsp3) is 0.524. The van der Waals surface area contributed by atoms with Gasteiger partial charge in [-0.1, -0.05) is 13.8 Å². The molecule has 2 aromatic rings. The summed E-state index contributed by atoms with van der Waals surface area (Å²) in [4.78, 5) is 22.4. The third-order valence-electron chi connectivity index (χ3n) is 5.47. The molecule has 1 aliphatic rings. The molecular weight excluding hydrogens is 393 g/mol. The number of amides is 1. The number of carbonyl (C=O) groups excluding carboxylic acids is 1. The van der Waals surface area contributed by atoms with Gasteiger partial charge in [0.25, 0.3) is 5.91 Å². The molecule has 0 bridgehead atoms. The third-order valence-corrected chi connectivity index (χ3v) is 6.63. The lowest BCUT2D eigenvalue weighted by atomic mass is 10.2. The Balaban J connectivity index is 1.87. The number of likely N-dealkylation sites (N-methyl/N-ethyl adjacent to an activating group) is 1. The fourth-order valence-corrected chi connectivity index (χ4v) is 4.94. The Labute approximate surface area is 175 Å². The van der Waals surface area contributed by atoms with Crippen LogP contribution in [-0.4, -0.2) is 67.1 Å². The molecule has 0 aliphatic carbocycles. The zero-order valence-corrected chi connectivity index (χ0v) is 18.4. The number of rotatable bonds is 7. The number of benzene rings is 1. The highest BCUT2D eigenvalue weighted by atomic mass is 32.1. The first-order chi connectivity index (χ1) is 13.9. The van der Waals surface area contributed by atoms with E-state index in [1.807, 2.05) is 4.90 Å². The number of carbonyl (C=O) groups is 1. The summed E-state index contributed by atoms with van der Waals surface area (Å²) in [5.74, 6) is 0.176. The Hall–Kier alpha value is -2.19. The van der Waals surface area contributed by atoms with Crippen molar-refractivity contribution in [1.82, 2.24) is 14.8 Å². The van der Waals surface area contributed by atoms with Crippen LogP contribution >= 0.6 is 11.3 Å². The molecule has 158 valence electrons. The predicted molar refractivity (Wildman–Crippen MR) is 113 cm³/mol. The second kappa shape index (κ2) is 9.09. The number of aromatic nitrogens is 1. The van der Waals surface area contributed by atoms with Crippen LogP contribution in [-0.2, 0) is 0 Å². The number of aryl methyl sites for hydroxylation is 1. The molecule has 8 heteroatoms. The molecule has 1 aromatic heterocycles. The minimum absolute atomic E-state index is 0.0335. The van der Waals surface area contributed by atoms with Gasteiger partial charge in [-0.15, -0.1) is 11.3 Å². The smallest absolute Gasteiger partial charge is 0.265 e. The third kappa shape index (κ3) is 4.23. The van der Waals surface area contributed by atoms with Gasteiger partial charge in [-0.2, -0.15) is 0 Å². The van der Waals surface area contributed by atoms with Gasteiger partial charge in [-0.3, -0.25) is 9.69 Å². The molecular formula is C21H28FN3O3S. The second-order valence-electron chi connectivity index (χ2n) is 7.03. The standard InChI is InChI=1S/C21H28FN3O3S/c1-6-24(7-2)14-8-9-25(12-14)21(26)19-13(3)23-20(29-19)18-16(22)10-15(27-4)11-17(18)28-5/h10-11,14H,6-9,12H2,1-5H3. The molecule has 0 saturated carbocycles. The normalized spacial score (nSPS) is 16.5. The number of methoxy groups -OCH3 is 2. The van der Waals surface area contributed by atoms with Gasteiger partial charge in [-0.25, -0.2) is 9.37 Å². The summed E-state index contributed by atoms with van der Waals surface area (Å²) in [5, 5.41) is 0.433. The van der Waals surface area contributed by atoms with Crippen molar-refractivity contribution in [2.45, 2.75) is 33.2 Å². The van der Waals surface area contributed by atoms with E-state index in [-0.39, 0.29) is 11.5 Å². The van der Waals surface area contributed by atoms with Gasteiger partial charge >= 0.3 is 0 Å². The van der Waals surface area contributed by atoms with Crippen LogP contribution in [0.5, 0.6) is 11.5 Å². The van der Waals surface area contributed by atoms with Gasteiger partial charge < -0.3 is 14.4 Å². The molecule has 6 nitrogen and oxygen atoms in total. The highest BCUT2D eigenvalue weighted by molar-refractivity contribution is 7.17. The van der Waals surface area contributed by atoms with E-state index in [1.165, 1.54) is 31.6 Å². The van der Waals surface area contributed by atoms with Crippen molar-refractivity contribution in [2.75, 3.05) is 40.4 Å². The molecule has 0 spiro atoms. The number of likely N-dealkylation sites (tertiary alicyclic amines) is 1. The van der Waals surface area contributed by atoms with Crippen LogP contribution in [0.15, 0.2) is 12.1 Å². The zero-order valence-electron chi connectivity index (χ0n) is 17.6. The lowest BCUT2D eigenvalue weighted by molar-refractivity contribution is 0.0782. The van der Waals surface area contributed by atoms with Crippen molar-refractivity contribution < 1.29 is 18.7 Å². The van der Waals surface area contributed by atoms with E-state index in [0.717, 1.165) is 26.1 Å². The molecule has 0 radical (unpaired) electrons. The quantitative estimate of drug-likeness (QED) is 0.680. The van der Waals surface area contributed by atoms with Crippen LogP contribution in [0.3, 0.4) is 0 Å². The van der Waals surface area contributed by atoms with Gasteiger partial charge in [-0.05, 0) is 26.4 Å². The van der Waals surface area contributed by atoms with Crippen molar-refractivity contribution in [3.63, 3.8) is 0 Å². The van der Waals surface area contributed by atoms with Crippen LogP contribution in [0.1, 0.15) is 35.6 Å². The molecule has 1 saturated heterocycles. The van der Waals surface area contributed by atoms with E-state index < -0.39 is 5.82 Å². The SMILES string of the molecule is CCN(CC)C1CCN(C(=O)c2sc(-c3c(F)cc(OC)cc3OC)nc2C)C1. The van der Waals surface area contributed by atoms with Crippen molar-refractivity contribution >= 4 is 17.2 Å². The molecule has 1 aromatic carbocycles. The lowest BCUT2D eigenvalue weighted by Gasteiger charge is -2.26. The first kappa shape index (κ1) is 21.5. The average Bonchev–Trinajstić information content (AvgIpc) is 3.35. The minimum Gasteiger partial charge on any atom is -0.497 e. The number of ether oxygens (including phenoxy) is 2. The van der Waals surface area contributed by atoms with Crippen molar-refractivity contribution in [1.29, 1.82) is 0 Å². The summed E-state index contributed by atoms with van der Waals surface area (Å²) >= 11 is 1.21. The summed E-state index contributed by atoms with van der Waals surface area (Å²) < 4.78 is 25.2. The highest BCUT2D eigenvalue weighted by Crippen LogP contribution is 2.39. The van der Waals surface area contributed by atoms with Crippen LogP contribution in [0.25, 0.3) is 10.6 Å². The summed E-state index contributed by atoms with van der Waals surface area (Å²) in [6.07, 6.45) is 0.971. The minimum atomic E-state index is -0.489. The van der Waals surface area contributed by atoms with Gasteiger partial charge in [0.2, 0.25) is 0 Å². The lowest BCUT2D eigenvalue weighted by Crippen LogP contribution is -2.38. The van der Waals surface area contributed by atoms with Crippen molar-refractivity contribution in [2.24, 2.45) is 0 Å². The Morgan fingerprint density at radius 2 is 2.03 bits per heavy atom. The maximum atomic E-state index is 14.7. The van der Waals surface area contributed by atoms with Gasteiger partial charge in [0.15, 0.2) is 0 Å². The van der Waals surface area contributed by atoms with Crippen molar-refractivity contribution in [3.8, 4) is 22.1 Å². The maximum Gasteiger partial charge on any atom is 0.265 e. The van der Waals surface area contributed by atoms with Crippen LogP contribution in [0.4, 0.5) is 4.39 Å². The zero-order chi connectivity index (χ0) is 21.1. The van der Waals surface area contributed by atoms with Crippen LogP contribution in [0, 0.1) is 12.7 Å². The van der Waals surface area contributed by atoms with Crippen molar-refractivity contribution in [3.05, 3.63) is 28.5 Å². The molecule has 1 atom stereocenters. The number of hydrogen-bond donors (Lipinski definition) is 0. The Kier molecular flexibility index (Phi) is 6.74. The van der Waals surface area contributed by atoms with Crippen LogP contribution in [0.2, 0.25) is 0 Å². The maximum absolute atomic E-state index is 14.7. The molecule has 2 heterocycles. The van der Waals surface area contributed by atoms with E-state index in [2.05, 4.69) is 23.7 Å². The Morgan fingerprint density at radius 1 is 1.31 bits per heavy atom. The fourth-order valence-electron chi connectivity index (χ4n) is 3.85. The summed E-state index contributed by atoms with van der Waals surface area (Å²) in [6, 6.07) is 3.30. The average molecular weight is 422 g/mol. The topological polar surface area (TPSA) is 54.9 Å². The first-order valence-electron chi connectivity index (χ1n) is 9.86. The molecule has 1 aliphatic heterocycles. The van der Waals surface area contributed by atoms with Gasteiger partial charge in [0.1, 0.15) is 27.2 Å². The molecule has 3 rings (SSSR count). The molecule has 1 amide bonds. The number of halogens is 1. The molecule has 1 fully saturated rings. The number of nitrogens with zero attached hydrogens (tertiary/aromatic N) is 3. The first-order valence-corrected chi connectivity index (χ1v) is 10.7. The Bertz CT molecular complexity index is 882. The molecule has 1 unspecified atom stereocenters. The molecule has 0 N–H and O–H groups in total. The van der Waals surface area contributed by atoms with E-state index in [9.17, 15) is 9.18 Å². The number of hydrogen-bond acceptors (Lipinski definition) is 6. The molecule has 29 heavy (non-hydrogen) atoms.